The fourth-order valence-corrected chi connectivity index (χ4v) is 3.80. The predicted octanol–water partition coefficient (Wildman–Crippen LogP) is 2.81. The van der Waals surface area contributed by atoms with Crippen molar-refractivity contribution in [2.24, 2.45) is 5.73 Å². The fraction of sp³-hybridized carbons (Fsp3) is 0.625. The molecule has 0 aliphatic carbocycles. The Balaban J connectivity index is 1.59. The van der Waals surface area contributed by atoms with E-state index in [9.17, 15) is 19.5 Å². The van der Waals surface area contributed by atoms with Gasteiger partial charge in [-0.3, -0.25) is 25.0 Å². The average molecular weight is 464 g/mol. The molecular weight excluding hydrogens is 426 g/mol. The van der Waals surface area contributed by atoms with Gasteiger partial charge in [-0.25, -0.2) is 0 Å². The number of nitrogens with two attached hydrogens (primary N) is 1. The smallest absolute Gasteiger partial charge is 0.323 e. The molecule has 0 spiro atoms. The maximum atomic E-state index is 12.9. The summed E-state index contributed by atoms with van der Waals surface area (Å²) in [7, 11) is 0. The number of nitrogens with one attached hydrogen (secondary N) is 1. The van der Waals surface area contributed by atoms with Crippen LogP contribution < -0.4 is 20.7 Å². The second kappa shape index (κ2) is 14.5. The van der Waals surface area contributed by atoms with E-state index in [0.29, 0.717) is 24.4 Å². The quantitative estimate of drug-likeness (QED) is 0.206. The Morgan fingerprint density at radius 3 is 2.45 bits per heavy atom. The number of esters is 1. The zero-order valence-corrected chi connectivity index (χ0v) is 19.5. The molecule has 1 aliphatic heterocycles. The molecule has 2 atom stereocenters. The van der Waals surface area contributed by atoms with E-state index in [1.807, 2.05) is 0 Å². The minimum absolute atomic E-state index is 0.170. The summed E-state index contributed by atoms with van der Waals surface area (Å²) in [5, 5.41) is 12.5. The van der Waals surface area contributed by atoms with Gasteiger partial charge in [-0.2, -0.15) is 0 Å². The molecule has 1 heterocycles. The lowest BCUT2D eigenvalue weighted by Gasteiger charge is -2.23. The molecule has 0 saturated heterocycles. The molecule has 1 amide bonds. The molecule has 33 heavy (non-hydrogen) atoms. The Bertz CT molecular complexity index is 770. The van der Waals surface area contributed by atoms with Crippen molar-refractivity contribution in [3.63, 3.8) is 0 Å². The highest BCUT2D eigenvalue weighted by atomic mass is 16.6. The van der Waals surface area contributed by atoms with Gasteiger partial charge < -0.3 is 19.9 Å². The Labute approximate surface area is 195 Å². The van der Waals surface area contributed by atoms with Gasteiger partial charge in [0.15, 0.2) is 0 Å². The normalized spacial score (nSPS) is 16.5. The molecule has 1 aliphatic rings. The van der Waals surface area contributed by atoms with Crippen molar-refractivity contribution in [1.82, 2.24) is 5.32 Å². The van der Waals surface area contributed by atoms with Crippen LogP contribution in [0.15, 0.2) is 24.3 Å². The topological polar surface area (TPSA) is 131 Å². The van der Waals surface area contributed by atoms with E-state index in [4.69, 9.17) is 15.2 Å². The van der Waals surface area contributed by atoms with Crippen LogP contribution >= 0.6 is 0 Å². The number of rotatable bonds is 15. The SMILES string of the molecule is CC(N)OC(=O)CCCCCCCCCCNC1COc2ccccc2N(CC(=O)O)C1=O. The van der Waals surface area contributed by atoms with Crippen molar-refractivity contribution in [3.8, 4) is 5.75 Å². The summed E-state index contributed by atoms with van der Waals surface area (Å²) in [6.07, 6.45) is 8.17. The summed E-state index contributed by atoms with van der Waals surface area (Å²) in [6, 6.07) is 6.42. The molecule has 0 saturated carbocycles. The number of para-hydroxylation sites is 2. The number of carboxylic acid groups (broad SMARTS) is 1. The van der Waals surface area contributed by atoms with Crippen LogP contribution in [0, 0.1) is 0 Å². The highest BCUT2D eigenvalue weighted by Crippen LogP contribution is 2.30. The zero-order chi connectivity index (χ0) is 24.1. The fourth-order valence-electron chi connectivity index (χ4n) is 3.80. The minimum Gasteiger partial charge on any atom is -0.489 e. The van der Waals surface area contributed by atoms with Crippen LogP contribution in [0.3, 0.4) is 0 Å². The largest absolute Gasteiger partial charge is 0.489 e. The van der Waals surface area contributed by atoms with Crippen molar-refractivity contribution in [1.29, 1.82) is 0 Å². The number of fused-ring (bicyclic) bond motifs is 1. The monoisotopic (exact) mass is 463 g/mol. The molecule has 0 aromatic heterocycles. The number of unbranched alkanes of at least 4 members (excludes halogenated alkanes) is 7. The number of hydrogen-bond donors (Lipinski definition) is 3. The molecule has 1 aromatic carbocycles. The Hall–Kier alpha value is -2.65. The number of carbonyl (C=O) groups excluding carboxylic acids is 2. The number of carboxylic acids is 1. The van der Waals surface area contributed by atoms with Crippen molar-refractivity contribution < 1.29 is 29.0 Å². The van der Waals surface area contributed by atoms with Gasteiger partial charge in [0.2, 0.25) is 5.91 Å². The highest BCUT2D eigenvalue weighted by Gasteiger charge is 2.32. The average Bonchev–Trinajstić information content (AvgIpc) is 2.88. The lowest BCUT2D eigenvalue weighted by Crippen LogP contribution is -2.50. The summed E-state index contributed by atoms with van der Waals surface area (Å²) in [5.41, 5.74) is 5.90. The number of ether oxygens (including phenoxy) is 2. The van der Waals surface area contributed by atoms with Crippen molar-refractivity contribution in [3.05, 3.63) is 24.3 Å². The van der Waals surface area contributed by atoms with Crippen LogP contribution in [0.25, 0.3) is 0 Å². The molecule has 2 unspecified atom stereocenters. The molecule has 184 valence electrons. The molecule has 9 heteroatoms. The summed E-state index contributed by atoms with van der Waals surface area (Å²) in [5.74, 6) is -1.07. The van der Waals surface area contributed by atoms with E-state index in [1.54, 1.807) is 31.2 Å². The Morgan fingerprint density at radius 2 is 1.79 bits per heavy atom. The number of benzene rings is 1. The Morgan fingerprint density at radius 1 is 1.15 bits per heavy atom. The van der Waals surface area contributed by atoms with Crippen LogP contribution in [0.2, 0.25) is 0 Å². The standard InChI is InChI=1S/C24H37N3O6/c1-18(25)33-23(30)14-8-6-4-2-3-5-7-11-15-26-19-17-32-21-13-10-9-12-20(21)27(24(19)31)16-22(28)29/h9-10,12-13,18-19,26H,2-8,11,14-17,25H2,1H3,(H,28,29). The van der Waals surface area contributed by atoms with Crippen LogP contribution in [0.4, 0.5) is 5.69 Å². The third kappa shape index (κ3) is 9.79. The van der Waals surface area contributed by atoms with E-state index in [-0.39, 0.29) is 18.5 Å². The second-order valence-corrected chi connectivity index (χ2v) is 8.38. The zero-order valence-electron chi connectivity index (χ0n) is 19.5. The number of hydrogen-bond acceptors (Lipinski definition) is 7. The van der Waals surface area contributed by atoms with Crippen LogP contribution in [0.5, 0.6) is 5.75 Å². The first-order chi connectivity index (χ1) is 15.9. The molecule has 0 fully saturated rings. The van der Waals surface area contributed by atoms with E-state index < -0.39 is 24.8 Å². The summed E-state index contributed by atoms with van der Waals surface area (Å²) < 4.78 is 10.7. The van der Waals surface area contributed by atoms with E-state index in [2.05, 4.69) is 5.32 Å². The predicted molar refractivity (Wildman–Crippen MR) is 125 cm³/mol. The summed E-state index contributed by atoms with van der Waals surface area (Å²) >= 11 is 0. The maximum Gasteiger partial charge on any atom is 0.323 e. The number of amides is 1. The van der Waals surface area contributed by atoms with Crippen molar-refractivity contribution >= 4 is 23.5 Å². The molecule has 9 nitrogen and oxygen atoms in total. The molecular formula is C24H37N3O6. The molecule has 2 rings (SSSR count). The number of anilines is 1. The van der Waals surface area contributed by atoms with Crippen LogP contribution in [-0.2, 0) is 19.1 Å². The van der Waals surface area contributed by atoms with E-state index in [1.165, 1.54) is 4.90 Å². The van der Waals surface area contributed by atoms with Crippen molar-refractivity contribution in [2.75, 3.05) is 24.6 Å². The van der Waals surface area contributed by atoms with Crippen LogP contribution in [-0.4, -0.2) is 54.9 Å². The van der Waals surface area contributed by atoms with E-state index >= 15 is 0 Å². The minimum atomic E-state index is -1.07. The summed E-state index contributed by atoms with van der Waals surface area (Å²) in [6.45, 7) is 2.08. The van der Waals surface area contributed by atoms with Crippen LogP contribution in [0.1, 0.15) is 64.7 Å². The first kappa shape index (κ1) is 26.6. The van der Waals surface area contributed by atoms with Gasteiger partial charge in [-0.1, -0.05) is 50.7 Å². The van der Waals surface area contributed by atoms with Gasteiger partial charge in [-0.15, -0.1) is 0 Å². The summed E-state index contributed by atoms with van der Waals surface area (Å²) in [4.78, 5) is 36.9. The lowest BCUT2D eigenvalue weighted by atomic mass is 10.1. The van der Waals surface area contributed by atoms with Gasteiger partial charge in [-0.05, 0) is 38.4 Å². The van der Waals surface area contributed by atoms with Gasteiger partial charge in [0.05, 0.1) is 5.69 Å². The maximum absolute atomic E-state index is 12.9. The molecule has 4 N–H and O–H groups in total. The molecule has 0 radical (unpaired) electrons. The Kier molecular flexibility index (Phi) is 11.7. The van der Waals surface area contributed by atoms with Gasteiger partial charge >= 0.3 is 11.9 Å². The van der Waals surface area contributed by atoms with Gasteiger partial charge in [0.25, 0.3) is 0 Å². The highest BCUT2D eigenvalue weighted by molar-refractivity contribution is 6.02. The van der Waals surface area contributed by atoms with Crippen molar-refractivity contribution in [2.45, 2.75) is 77.0 Å². The third-order valence-electron chi connectivity index (χ3n) is 5.43. The first-order valence-electron chi connectivity index (χ1n) is 11.8. The molecule has 0 bridgehead atoms. The molecule has 1 aromatic rings. The number of carbonyl (C=O) groups is 3. The second-order valence-electron chi connectivity index (χ2n) is 8.38. The van der Waals surface area contributed by atoms with E-state index in [0.717, 1.165) is 51.4 Å². The lowest BCUT2D eigenvalue weighted by molar-refractivity contribution is -0.148. The number of nitrogens with zero attached hydrogens (tertiary/aromatic N) is 1. The third-order valence-corrected chi connectivity index (χ3v) is 5.43. The first-order valence-corrected chi connectivity index (χ1v) is 11.8. The van der Waals surface area contributed by atoms with Gasteiger partial charge in [0.1, 0.15) is 31.2 Å². The number of aliphatic carboxylic acids is 1. The van der Waals surface area contributed by atoms with Gasteiger partial charge in [0, 0.05) is 6.42 Å².